The molecule has 0 atom stereocenters. The third-order valence-electron chi connectivity index (χ3n) is 0. The fourth-order valence-electron chi connectivity index (χ4n) is 0. The SMILES string of the molecule is [CH2-]C.[SH-].[Zn+2]. The van der Waals surface area contributed by atoms with Crippen molar-refractivity contribution in [3.8, 4) is 0 Å². The van der Waals surface area contributed by atoms with E-state index in [2.05, 4.69) is 6.92 Å². The Morgan fingerprint density at radius 2 is 1.25 bits per heavy atom. The summed E-state index contributed by atoms with van der Waals surface area (Å²) in [4.78, 5) is 0. The zero-order chi connectivity index (χ0) is 2.00. The van der Waals surface area contributed by atoms with Gasteiger partial charge in [0.25, 0.3) is 0 Å². The minimum atomic E-state index is 0. The molecule has 0 saturated heterocycles. The predicted molar refractivity (Wildman–Crippen MR) is 19.8 cm³/mol. The third kappa shape index (κ3) is 12.2. The summed E-state index contributed by atoms with van der Waals surface area (Å²) in [5.41, 5.74) is 0. The number of hydrogen-bond donors (Lipinski definition) is 0. The van der Waals surface area contributed by atoms with Crippen LogP contribution in [0.1, 0.15) is 6.92 Å². The maximum atomic E-state index is 3.25. The zero-order valence-electron chi connectivity index (χ0n) is 2.86. The van der Waals surface area contributed by atoms with E-state index >= 15 is 0 Å². The van der Waals surface area contributed by atoms with Gasteiger partial charge < -0.3 is 20.4 Å². The van der Waals surface area contributed by atoms with Gasteiger partial charge in [-0.25, -0.2) is 0 Å². The summed E-state index contributed by atoms with van der Waals surface area (Å²) >= 11 is 0. The van der Waals surface area contributed by atoms with Gasteiger partial charge in [-0.15, -0.1) is 0 Å². The van der Waals surface area contributed by atoms with Gasteiger partial charge in [0, 0.05) is 0 Å². The van der Waals surface area contributed by atoms with Gasteiger partial charge in [-0.05, 0) is 0 Å². The standard InChI is InChI=1S/C2H5.H2S.Zn/c1-2;;/h1H2,2H3;1H2;/q-1;;+2/p-1. The minimum Gasteiger partial charge on any atom is -0.813 e. The molecule has 0 aromatic heterocycles. The third-order valence-corrected chi connectivity index (χ3v) is 0. The van der Waals surface area contributed by atoms with Crippen LogP contribution in [0.25, 0.3) is 0 Å². The van der Waals surface area contributed by atoms with Crippen molar-refractivity contribution in [2.24, 2.45) is 0 Å². The Morgan fingerprint density at radius 3 is 1.25 bits per heavy atom. The fourth-order valence-corrected chi connectivity index (χ4v) is 0. The van der Waals surface area contributed by atoms with Crippen LogP contribution in [0.5, 0.6) is 0 Å². The van der Waals surface area contributed by atoms with Crippen LogP contribution >= 0.6 is 0 Å². The second-order valence-electron chi connectivity index (χ2n) is 0. The summed E-state index contributed by atoms with van der Waals surface area (Å²) in [6, 6.07) is 0. The van der Waals surface area contributed by atoms with Crippen LogP contribution in [0.4, 0.5) is 0 Å². The Kier molecular flexibility index (Phi) is 187. The van der Waals surface area contributed by atoms with Gasteiger partial charge in [-0.2, -0.15) is 6.92 Å². The zero-order valence-corrected chi connectivity index (χ0v) is 6.72. The Bertz CT molecular complexity index is 6.00. The van der Waals surface area contributed by atoms with Crippen LogP contribution in [0.15, 0.2) is 0 Å². The monoisotopic (exact) mass is 126 g/mol. The molecule has 0 aromatic carbocycles. The molecule has 4 heavy (non-hydrogen) atoms. The molecular weight excluding hydrogens is 121 g/mol. The molecule has 0 aliphatic carbocycles. The average molecular weight is 128 g/mol. The molecule has 0 aromatic rings. The maximum absolute atomic E-state index is 3.25. The second-order valence-corrected chi connectivity index (χ2v) is 0. The second kappa shape index (κ2) is 37.1. The van der Waals surface area contributed by atoms with Crippen LogP contribution in [0.3, 0.4) is 0 Å². The molecule has 0 unspecified atom stereocenters. The van der Waals surface area contributed by atoms with E-state index in [0.29, 0.717) is 0 Å². The van der Waals surface area contributed by atoms with Crippen molar-refractivity contribution in [2.45, 2.75) is 6.92 Å². The van der Waals surface area contributed by atoms with Crippen molar-refractivity contribution >= 4 is 13.5 Å². The molecule has 0 heterocycles. The summed E-state index contributed by atoms with van der Waals surface area (Å²) in [6.45, 7) is 5.00. The predicted octanol–water partition coefficient (Wildman–Crippen LogP) is 0.568. The average Bonchev–Trinajstić information content (AvgIpc) is 1.00. The number of thiol groups is 1. The summed E-state index contributed by atoms with van der Waals surface area (Å²) in [5, 5.41) is 0. The molecule has 0 aliphatic heterocycles. The molecule has 0 radical (unpaired) electrons. The largest absolute Gasteiger partial charge is 2.00 e. The molecule has 0 spiro atoms. The van der Waals surface area contributed by atoms with Crippen LogP contribution < -0.4 is 0 Å². The first kappa shape index (κ1) is 20.2. The topological polar surface area (TPSA) is 0 Å². The molecule has 0 saturated carbocycles. The van der Waals surface area contributed by atoms with E-state index in [0.717, 1.165) is 0 Å². The van der Waals surface area contributed by atoms with E-state index in [9.17, 15) is 0 Å². The summed E-state index contributed by atoms with van der Waals surface area (Å²) < 4.78 is 0. The summed E-state index contributed by atoms with van der Waals surface area (Å²) in [5.74, 6) is 0. The van der Waals surface area contributed by atoms with Crippen LogP contribution in [0.2, 0.25) is 0 Å². The van der Waals surface area contributed by atoms with E-state index in [1.54, 1.807) is 6.92 Å². The van der Waals surface area contributed by atoms with E-state index < -0.39 is 0 Å². The Hall–Kier alpha value is 0.973. The minimum absolute atomic E-state index is 0. The van der Waals surface area contributed by atoms with Gasteiger partial charge in [0.2, 0.25) is 0 Å². The van der Waals surface area contributed by atoms with E-state index in [1.165, 1.54) is 0 Å². The quantitative estimate of drug-likeness (QED) is 0.198. The van der Waals surface area contributed by atoms with Gasteiger partial charge in [0.05, 0.1) is 0 Å². The van der Waals surface area contributed by atoms with E-state index in [4.69, 9.17) is 0 Å². The van der Waals surface area contributed by atoms with E-state index in [-0.39, 0.29) is 33.0 Å². The van der Waals surface area contributed by atoms with Crippen molar-refractivity contribution in [1.82, 2.24) is 0 Å². The van der Waals surface area contributed by atoms with Crippen molar-refractivity contribution in [1.29, 1.82) is 0 Å². The van der Waals surface area contributed by atoms with Crippen LogP contribution in [-0.4, -0.2) is 0 Å². The Balaban J connectivity index is -0.00000000500. The van der Waals surface area contributed by atoms with Gasteiger partial charge >= 0.3 is 19.5 Å². The molecule has 0 fully saturated rings. The molecule has 0 nitrogen and oxygen atoms in total. The Labute approximate surface area is 47.2 Å². The first-order valence-corrected chi connectivity index (χ1v) is 0.707. The first-order chi connectivity index (χ1) is 1.00. The first-order valence-electron chi connectivity index (χ1n) is 0.707. The molecule has 22 valence electrons. The smallest absolute Gasteiger partial charge is 0.813 e. The van der Waals surface area contributed by atoms with Crippen molar-refractivity contribution < 1.29 is 19.5 Å². The van der Waals surface area contributed by atoms with Crippen LogP contribution in [0, 0.1) is 6.92 Å². The Morgan fingerprint density at radius 1 is 1.25 bits per heavy atom. The van der Waals surface area contributed by atoms with Crippen molar-refractivity contribution in [3.05, 3.63) is 6.92 Å². The normalized spacial score (nSPS) is 1.50. The fraction of sp³-hybridized carbons (Fsp3) is 0.500. The van der Waals surface area contributed by atoms with Gasteiger partial charge in [-0.3, -0.25) is 0 Å². The summed E-state index contributed by atoms with van der Waals surface area (Å²) in [7, 11) is 0. The molecule has 0 rings (SSSR count). The molecule has 0 amide bonds. The van der Waals surface area contributed by atoms with Gasteiger partial charge in [0.15, 0.2) is 0 Å². The molecule has 0 bridgehead atoms. The van der Waals surface area contributed by atoms with Crippen molar-refractivity contribution in [3.63, 3.8) is 0 Å². The number of hydrogen-bond acceptors (Lipinski definition) is 1. The maximum Gasteiger partial charge on any atom is 2.00 e. The van der Waals surface area contributed by atoms with Gasteiger partial charge in [0.1, 0.15) is 0 Å². The molecule has 0 N–H and O–H groups in total. The van der Waals surface area contributed by atoms with Crippen LogP contribution in [-0.2, 0) is 33.0 Å². The van der Waals surface area contributed by atoms with Crippen molar-refractivity contribution in [2.75, 3.05) is 0 Å². The molecule has 2 heteroatoms. The summed E-state index contributed by atoms with van der Waals surface area (Å²) in [6.07, 6.45) is 0. The molecular formula is C2H6SZn. The van der Waals surface area contributed by atoms with Gasteiger partial charge in [-0.1, -0.05) is 0 Å². The number of rotatable bonds is 0. The molecule has 0 aliphatic rings. The van der Waals surface area contributed by atoms with E-state index in [1.807, 2.05) is 0 Å².